The third kappa shape index (κ3) is 3.21. The van der Waals surface area contributed by atoms with Gasteiger partial charge in [0.2, 0.25) is 11.0 Å². The van der Waals surface area contributed by atoms with Crippen LogP contribution < -0.4 is 14.5 Å². The molecular formula is C13H18N6OS. The van der Waals surface area contributed by atoms with Crippen molar-refractivity contribution in [3.63, 3.8) is 0 Å². The summed E-state index contributed by atoms with van der Waals surface area (Å²) >= 11 is 1.46. The van der Waals surface area contributed by atoms with Gasteiger partial charge in [0, 0.05) is 43.8 Å². The highest BCUT2D eigenvalue weighted by atomic mass is 32.1. The van der Waals surface area contributed by atoms with Crippen molar-refractivity contribution < 1.29 is 4.74 Å². The van der Waals surface area contributed by atoms with Crippen LogP contribution in [0.2, 0.25) is 0 Å². The molecule has 2 aromatic heterocycles. The molecule has 0 saturated carbocycles. The molecule has 0 spiro atoms. The molecule has 112 valence electrons. The molecule has 0 N–H and O–H groups in total. The lowest BCUT2D eigenvalue weighted by molar-refractivity contribution is 0.326. The highest BCUT2D eigenvalue weighted by Crippen LogP contribution is 2.22. The first-order valence-corrected chi connectivity index (χ1v) is 7.78. The molecule has 3 rings (SSSR count). The van der Waals surface area contributed by atoms with Crippen LogP contribution in [0.25, 0.3) is 0 Å². The van der Waals surface area contributed by atoms with Crippen molar-refractivity contribution in [1.29, 1.82) is 0 Å². The maximum atomic E-state index is 5.43. The van der Waals surface area contributed by atoms with Crippen LogP contribution in [0.15, 0.2) is 12.4 Å². The normalized spacial score (nSPS) is 15.3. The second-order valence-electron chi connectivity index (χ2n) is 4.75. The first-order valence-electron chi connectivity index (χ1n) is 7.01. The van der Waals surface area contributed by atoms with Crippen molar-refractivity contribution >= 4 is 22.5 Å². The quantitative estimate of drug-likeness (QED) is 0.845. The van der Waals surface area contributed by atoms with E-state index in [-0.39, 0.29) is 0 Å². The van der Waals surface area contributed by atoms with E-state index < -0.39 is 0 Å². The van der Waals surface area contributed by atoms with E-state index in [0.717, 1.165) is 43.0 Å². The summed E-state index contributed by atoms with van der Waals surface area (Å²) < 4.78 is 9.66. The minimum Gasteiger partial charge on any atom is -0.478 e. The molecule has 0 aliphatic carbocycles. The molecule has 1 aliphatic heterocycles. The fourth-order valence-electron chi connectivity index (χ4n) is 2.27. The average Bonchev–Trinajstić information content (AvgIpc) is 2.95. The maximum Gasteiger partial charge on any atom is 0.218 e. The molecule has 8 heteroatoms. The van der Waals surface area contributed by atoms with Crippen molar-refractivity contribution in [2.24, 2.45) is 0 Å². The van der Waals surface area contributed by atoms with E-state index in [2.05, 4.69) is 29.1 Å². The van der Waals surface area contributed by atoms with E-state index in [1.807, 2.05) is 19.9 Å². The van der Waals surface area contributed by atoms with Crippen molar-refractivity contribution in [3.05, 3.63) is 18.2 Å². The van der Waals surface area contributed by atoms with Gasteiger partial charge < -0.3 is 14.5 Å². The number of piperazine rings is 1. The Bertz CT molecular complexity index is 596. The molecule has 21 heavy (non-hydrogen) atoms. The topological polar surface area (TPSA) is 67.3 Å². The second-order valence-corrected chi connectivity index (χ2v) is 5.48. The molecule has 0 amide bonds. The molecule has 7 nitrogen and oxygen atoms in total. The van der Waals surface area contributed by atoms with Gasteiger partial charge in [0.1, 0.15) is 18.0 Å². The lowest BCUT2D eigenvalue weighted by atomic mass is 10.3. The summed E-state index contributed by atoms with van der Waals surface area (Å²) in [6, 6.07) is 1.90. The van der Waals surface area contributed by atoms with Gasteiger partial charge in [-0.3, -0.25) is 0 Å². The molecule has 0 bridgehead atoms. The standard InChI is InChI=1S/C13H18N6OS/c1-3-20-12-8-11(14-9-15-12)18-4-6-19(7-5-18)13-16-10(2)17-21-13/h8-9H,3-7H2,1-2H3. The van der Waals surface area contributed by atoms with Crippen LogP contribution in [0, 0.1) is 6.92 Å². The minimum atomic E-state index is 0.612. The number of anilines is 2. The molecule has 1 saturated heterocycles. The predicted octanol–water partition coefficient (Wildman–Crippen LogP) is 1.36. The summed E-state index contributed by atoms with van der Waals surface area (Å²) in [6.45, 7) is 8.13. The molecule has 0 aromatic carbocycles. The maximum absolute atomic E-state index is 5.43. The van der Waals surface area contributed by atoms with Crippen LogP contribution in [0.1, 0.15) is 12.7 Å². The Kier molecular flexibility index (Phi) is 4.14. The van der Waals surface area contributed by atoms with Gasteiger partial charge >= 0.3 is 0 Å². The Labute approximate surface area is 127 Å². The molecule has 0 atom stereocenters. The summed E-state index contributed by atoms with van der Waals surface area (Å²) in [5, 5.41) is 1.00. The zero-order valence-corrected chi connectivity index (χ0v) is 13.0. The lowest BCUT2D eigenvalue weighted by Gasteiger charge is -2.34. The van der Waals surface area contributed by atoms with Crippen LogP contribution in [-0.4, -0.2) is 52.1 Å². The van der Waals surface area contributed by atoms with E-state index in [9.17, 15) is 0 Å². The second kappa shape index (κ2) is 6.21. The summed E-state index contributed by atoms with van der Waals surface area (Å²) in [5.41, 5.74) is 0. The smallest absolute Gasteiger partial charge is 0.218 e. The fraction of sp³-hybridized carbons (Fsp3) is 0.538. The molecule has 2 aromatic rings. The van der Waals surface area contributed by atoms with E-state index in [0.29, 0.717) is 12.5 Å². The van der Waals surface area contributed by atoms with Crippen molar-refractivity contribution in [1.82, 2.24) is 19.3 Å². The van der Waals surface area contributed by atoms with Gasteiger partial charge in [0.15, 0.2) is 0 Å². The number of rotatable bonds is 4. The van der Waals surface area contributed by atoms with Crippen molar-refractivity contribution in [3.8, 4) is 5.88 Å². The van der Waals surface area contributed by atoms with Gasteiger partial charge in [-0.15, -0.1) is 0 Å². The van der Waals surface area contributed by atoms with Gasteiger partial charge in [-0.05, 0) is 13.8 Å². The number of nitrogens with zero attached hydrogens (tertiary/aromatic N) is 6. The summed E-state index contributed by atoms with van der Waals surface area (Å²) in [4.78, 5) is 17.4. The van der Waals surface area contributed by atoms with Crippen LogP contribution in [0.4, 0.5) is 10.9 Å². The average molecular weight is 306 g/mol. The molecule has 3 heterocycles. The molecule has 0 radical (unpaired) electrons. The number of aryl methyl sites for hydroxylation is 1. The number of ether oxygens (including phenoxy) is 1. The molecule has 1 aliphatic rings. The third-order valence-corrected chi connectivity index (χ3v) is 4.18. The van der Waals surface area contributed by atoms with Crippen LogP contribution in [-0.2, 0) is 0 Å². The largest absolute Gasteiger partial charge is 0.478 e. The Hall–Kier alpha value is -1.96. The first kappa shape index (κ1) is 14.0. The monoisotopic (exact) mass is 306 g/mol. The Morgan fingerprint density at radius 1 is 1.19 bits per heavy atom. The SMILES string of the molecule is CCOc1cc(N2CCN(c3nc(C)ns3)CC2)ncn1. The van der Waals surface area contributed by atoms with Gasteiger partial charge in [0.05, 0.1) is 6.61 Å². The van der Waals surface area contributed by atoms with E-state index in [1.54, 1.807) is 6.33 Å². The number of aromatic nitrogens is 4. The molecular weight excluding hydrogens is 288 g/mol. The summed E-state index contributed by atoms with van der Waals surface area (Å²) in [5.74, 6) is 2.39. The van der Waals surface area contributed by atoms with E-state index in [4.69, 9.17) is 4.74 Å². The number of hydrogen-bond acceptors (Lipinski definition) is 8. The van der Waals surface area contributed by atoms with Gasteiger partial charge in [-0.2, -0.15) is 4.37 Å². The Morgan fingerprint density at radius 3 is 2.62 bits per heavy atom. The van der Waals surface area contributed by atoms with Crippen molar-refractivity contribution in [2.75, 3.05) is 42.6 Å². The van der Waals surface area contributed by atoms with E-state index in [1.165, 1.54) is 11.5 Å². The Morgan fingerprint density at radius 2 is 1.95 bits per heavy atom. The van der Waals surface area contributed by atoms with Gasteiger partial charge in [-0.1, -0.05) is 0 Å². The van der Waals surface area contributed by atoms with E-state index >= 15 is 0 Å². The molecule has 1 fully saturated rings. The van der Waals surface area contributed by atoms with Crippen LogP contribution in [0.3, 0.4) is 0 Å². The van der Waals surface area contributed by atoms with Crippen LogP contribution in [0.5, 0.6) is 5.88 Å². The fourth-order valence-corrected chi connectivity index (χ4v) is 3.00. The van der Waals surface area contributed by atoms with Crippen molar-refractivity contribution in [2.45, 2.75) is 13.8 Å². The van der Waals surface area contributed by atoms with Crippen LogP contribution >= 0.6 is 11.5 Å². The first-order chi connectivity index (χ1) is 10.3. The minimum absolute atomic E-state index is 0.612. The summed E-state index contributed by atoms with van der Waals surface area (Å²) in [7, 11) is 0. The zero-order valence-electron chi connectivity index (χ0n) is 12.2. The highest BCUT2D eigenvalue weighted by molar-refractivity contribution is 7.09. The zero-order chi connectivity index (χ0) is 14.7. The predicted molar refractivity (Wildman–Crippen MR) is 82.3 cm³/mol. The van der Waals surface area contributed by atoms with Gasteiger partial charge in [-0.25, -0.2) is 15.0 Å². The van der Waals surface area contributed by atoms with Gasteiger partial charge in [0.25, 0.3) is 0 Å². The molecule has 0 unspecified atom stereocenters. The lowest BCUT2D eigenvalue weighted by Crippen LogP contribution is -2.46. The Balaban J connectivity index is 1.64. The highest BCUT2D eigenvalue weighted by Gasteiger charge is 2.20. The third-order valence-electron chi connectivity index (χ3n) is 3.31. The summed E-state index contributed by atoms with van der Waals surface area (Å²) in [6.07, 6.45) is 1.56. The number of hydrogen-bond donors (Lipinski definition) is 0.